The van der Waals surface area contributed by atoms with Crippen LogP contribution in [0.25, 0.3) is 0 Å². The Morgan fingerprint density at radius 3 is 2.55 bits per heavy atom. The normalized spacial score (nSPS) is 10.5. The van der Waals surface area contributed by atoms with Crippen molar-refractivity contribution in [1.29, 1.82) is 0 Å². The molecule has 0 aliphatic carbocycles. The van der Waals surface area contributed by atoms with Crippen molar-refractivity contribution in [3.63, 3.8) is 0 Å². The number of ether oxygens (including phenoxy) is 1. The molecule has 0 atom stereocenters. The minimum Gasteiger partial charge on any atom is -0.449 e. The molecule has 0 amide bonds. The van der Waals surface area contributed by atoms with Crippen LogP contribution in [0.2, 0.25) is 0 Å². The van der Waals surface area contributed by atoms with Gasteiger partial charge < -0.3 is 4.74 Å². The summed E-state index contributed by atoms with van der Waals surface area (Å²) in [7, 11) is 0. The fourth-order valence-electron chi connectivity index (χ4n) is 1.81. The van der Waals surface area contributed by atoms with Crippen LogP contribution in [-0.4, -0.2) is 22.3 Å². The Morgan fingerprint density at radius 2 is 1.85 bits per heavy atom. The molecule has 1 aromatic rings. The smallest absolute Gasteiger partial charge is 0.422 e. The third-order valence-corrected chi connectivity index (χ3v) is 3.04. The zero-order valence-corrected chi connectivity index (χ0v) is 12.1. The summed E-state index contributed by atoms with van der Waals surface area (Å²) in [5.41, 5.74) is -0.968. The summed E-state index contributed by atoms with van der Waals surface area (Å²) >= 11 is 0. The van der Waals surface area contributed by atoms with Gasteiger partial charge in [-0.25, -0.2) is 14.2 Å². The highest BCUT2D eigenvalue weighted by Crippen LogP contribution is 2.05. The highest BCUT2D eigenvalue weighted by atomic mass is 16.5. The highest BCUT2D eigenvalue weighted by molar-refractivity contribution is 5.69. The number of aromatic amines is 1. The summed E-state index contributed by atoms with van der Waals surface area (Å²) in [5.74, 6) is 0. The summed E-state index contributed by atoms with van der Waals surface area (Å²) in [6.45, 7) is 3.97. The number of H-pyrrole nitrogens is 1. The van der Waals surface area contributed by atoms with Crippen LogP contribution < -0.4 is 11.2 Å². The Morgan fingerprint density at radius 1 is 1.20 bits per heavy atom. The molecule has 0 saturated carbocycles. The van der Waals surface area contributed by atoms with E-state index in [4.69, 9.17) is 4.74 Å². The van der Waals surface area contributed by atoms with Gasteiger partial charge in [-0.15, -0.1) is 0 Å². The van der Waals surface area contributed by atoms with E-state index in [0.29, 0.717) is 5.56 Å². The number of carbonyl (C=O) groups excluding carboxylic acids is 1. The van der Waals surface area contributed by atoms with Crippen molar-refractivity contribution >= 4 is 6.09 Å². The molecule has 112 valence electrons. The van der Waals surface area contributed by atoms with Crippen LogP contribution in [0.5, 0.6) is 0 Å². The summed E-state index contributed by atoms with van der Waals surface area (Å²) in [6.07, 6.45) is 6.99. The Hall–Kier alpha value is -1.85. The summed E-state index contributed by atoms with van der Waals surface area (Å²) in [5, 5.41) is 0. The average molecular weight is 282 g/mol. The molecule has 1 heterocycles. The molecule has 0 fully saturated rings. The average Bonchev–Trinajstić information content (AvgIpc) is 2.41. The minimum absolute atomic E-state index is 0.287. The molecule has 0 unspecified atom stereocenters. The fraction of sp³-hybridized carbons (Fsp3) is 0.643. The van der Waals surface area contributed by atoms with Crippen LogP contribution in [0.3, 0.4) is 0 Å². The van der Waals surface area contributed by atoms with Crippen molar-refractivity contribution in [1.82, 2.24) is 9.55 Å². The van der Waals surface area contributed by atoms with Crippen LogP contribution >= 0.6 is 0 Å². The third-order valence-electron chi connectivity index (χ3n) is 3.04. The van der Waals surface area contributed by atoms with E-state index in [1.165, 1.54) is 32.4 Å². The van der Waals surface area contributed by atoms with E-state index in [1.54, 1.807) is 0 Å². The fourth-order valence-corrected chi connectivity index (χ4v) is 1.81. The number of hydrogen-bond donors (Lipinski definition) is 1. The second-order valence-electron chi connectivity index (χ2n) is 4.82. The van der Waals surface area contributed by atoms with Crippen molar-refractivity contribution in [2.75, 3.05) is 6.61 Å². The Labute approximate surface area is 117 Å². The highest BCUT2D eigenvalue weighted by Gasteiger charge is 2.10. The number of nitrogens with one attached hydrogen (secondary N) is 1. The maximum absolute atomic E-state index is 11.7. The second-order valence-corrected chi connectivity index (χ2v) is 4.82. The van der Waals surface area contributed by atoms with Crippen LogP contribution in [0, 0.1) is 6.92 Å². The molecule has 0 aromatic carbocycles. The molecule has 0 aliphatic heterocycles. The molecular weight excluding hydrogens is 260 g/mol. The van der Waals surface area contributed by atoms with Crippen LogP contribution in [0.1, 0.15) is 51.0 Å². The molecule has 0 spiro atoms. The van der Waals surface area contributed by atoms with Crippen molar-refractivity contribution < 1.29 is 9.53 Å². The lowest BCUT2D eigenvalue weighted by atomic mass is 10.1. The molecular formula is C14H22N2O4. The Balaban J connectivity index is 2.38. The van der Waals surface area contributed by atoms with Crippen molar-refractivity contribution in [3.8, 4) is 0 Å². The molecule has 0 aliphatic rings. The number of nitrogens with zero attached hydrogens (tertiary/aromatic N) is 1. The maximum Gasteiger partial charge on any atom is 0.422 e. The molecule has 0 radical (unpaired) electrons. The van der Waals surface area contributed by atoms with Crippen molar-refractivity contribution in [2.24, 2.45) is 0 Å². The standard InChI is InChI=1S/C14H22N2O4/c1-3-4-5-6-7-8-9-20-14(19)16-10-11(2)12(17)15-13(16)18/h10H,3-9H2,1-2H3,(H,15,17,18). The van der Waals surface area contributed by atoms with Gasteiger partial charge in [-0.1, -0.05) is 39.0 Å². The molecule has 1 aromatic heterocycles. The minimum atomic E-state index is -0.770. The number of aromatic nitrogens is 2. The first kappa shape index (κ1) is 16.2. The third kappa shape index (κ3) is 5.03. The van der Waals surface area contributed by atoms with Gasteiger partial charge in [0.2, 0.25) is 0 Å². The largest absolute Gasteiger partial charge is 0.449 e. The lowest BCUT2D eigenvalue weighted by Crippen LogP contribution is -2.35. The van der Waals surface area contributed by atoms with E-state index in [1.807, 2.05) is 0 Å². The van der Waals surface area contributed by atoms with E-state index in [9.17, 15) is 14.4 Å². The summed E-state index contributed by atoms with van der Waals surface area (Å²) in [6, 6.07) is 0. The van der Waals surface area contributed by atoms with Gasteiger partial charge in [0.15, 0.2) is 0 Å². The van der Waals surface area contributed by atoms with Gasteiger partial charge in [0.05, 0.1) is 6.61 Å². The first-order valence-corrected chi connectivity index (χ1v) is 7.06. The molecule has 20 heavy (non-hydrogen) atoms. The Kier molecular flexibility index (Phi) is 6.76. The Bertz CT molecular complexity index is 545. The van der Waals surface area contributed by atoms with Gasteiger partial charge in [-0.2, -0.15) is 0 Å². The molecule has 0 bridgehead atoms. The number of hydrogen-bond acceptors (Lipinski definition) is 4. The zero-order valence-electron chi connectivity index (χ0n) is 12.1. The lowest BCUT2D eigenvalue weighted by molar-refractivity contribution is 0.144. The van der Waals surface area contributed by atoms with Crippen LogP contribution in [0.4, 0.5) is 4.79 Å². The van der Waals surface area contributed by atoms with Crippen molar-refractivity contribution in [2.45, 2.75) is 52.4 Å². The molecule has 0 saturated heterocycles. The number of rotatable bonds is 7. The molecule has 1 rings (SSSR count). The molecule has 6 heteroatoms. The van der Waals surface area contributed by atoms with E-state index < -0.39 is 17.3 Å². The van der Waals surface area contributed by atoms with E-state index in [2.05, 4.69) is 11.9 Å². The number of carbonyl (C=O) groups is 1. The van der Waals surface area contributed by atoms with E-state index in [-0.39, 0.29) is 6.61 Å². The first-order chi connectivity index (χ1) is 9.56. The van der Waals surface area contributed by atoms with Gasteiger partial charge in [0.25, 0.3) is 5.56 Å². The quantitative estimate of drug-likeness (QED) is 0.777. The SMILES string of the molecule is CCCCCCCCOC(=O)n1cc(C)c(=O)[nH]c1=O. The lowest BCUT2D eigenvalue weighted by Gasteiger charge is -2.06. The van der Waals surface area contributed by atoms with Gasteiger partial charge in [0.1, 0.15) is 0 Å². The topological polar surface area (TPSA) is 81.2 Å². The van der Waals surface area contributed by atoms with Gasteiger partial charge in [-0.05, 0) is 13.3 Å². The summed E-state index contributed by atoms with van der Waals surface area (Å²) in [4.78, 5) is 36.4. The molecule has 6 nitrogen and oxygen atoms in total. The number of unbranched alkanes of at least 4 members (excludes halogenated alkanes) is 5. The molecule has 1 N–H and O–H groups in total. The van der Waals surface area contributed by atoms with Gasteiger partial charge >= 0.3 is 11.8 Å². The maximum atomic E-state index is 11.7. The summed E-state index contributed by atoms with van der Waals surface area (Å²) < 4.78 is 5.80. The van der Waals surface area contributed by atoms with Crippen molar-refractivity contribution in [3.05, 3.63) is 32.6 Å². The van der Waals surface area contributed by atoms with E-state index in [0.717, 1.165) is 23.8 Å². The second kappa shape index (κ2) is 8.35. The first-order valence-electron chi connectivity index (χ1n) is 7.06. The predicted molar refractivity (Wildman–Crippen MR) is 76.2 cm³/mol. The zero-order chi connectivity index (χ0) is 15.0. The van der Waals surface area contributed by atoms with Crippen LogP contribution in [-0.2, 0) is 4.74 Å². The number of aryl methyl sites for hydroxylation is 1. The van der Waals surface area contributed by atoms with Gasteiger partial charge in [-0.3, -0.25) is 9.78 Å². The monoisotopic (exact) mass is 282 g/mol. The van der Waals surface area contributed by atoms with Crippen LogP contribution in [0.15, 0.2) is 15.8 Å². The van der Waals surface area contributed by atoms with E-state index >= 15 is 0 Å². The van der Waals surface area contributed by atoms with Gasteiger partial charge in [0, 0.05) is 11.8 Å². The predicted octanol–water partition coefficient (Wildman–Crippen LogP) is 2.19.